The van der Waals surface area contributed by atoms with Crippen molar-refractivity contribution in [1.82, 2.24) is 10.1 Å². The molecule has 0 spiro atoms. The normalized spacial score (nSPS) is 11.2. The molecule has 1 aromatic heterocycles. The minimum atomic E-state index is 0.141. The van der Waals surface area contributed by atoms with E-state index in [0.717, 1.165) is 6.42 Å². The highest BCUT2D eigenvalue weighted by Gasteiger charge is 2.16. The first kappa shape index (κ1) is 9.72. The van der Waals surface area contributed by atoms with E-state index >= 15 is 0 Å². The molecule has 0 aromatic carbocycles. The van der Waals surface area contributed by atoms with E-state index in [-0.39, 0.29) is 12.0 Å². The summed E-state index contributed by atoms with van der Waals surface area (Å²) in [5, 5.41) is 3.69. The predicted octanol–water partition coefficient (Wildman–Crippen LogP) is 2.08. The summed E-state index contributed by atoms with van der Waals surface area (Å²) in [7, 11) is 0. The maximum absolute atomic E-state index is 6.63. The van der Waals surface area contributed by atoms with Crippen LogP contribution in [0.5, 0.6) is 0 Å². The first-order valence-corrected chi connectivity index (χ1v) is 4.16. The van der Waals surface area contributed by atoms with Crippen LogP contribution in [0.1, 0.15) is 32.5 Å². The Morgan fingerprint density at radius 2 is 2.15 bits per heavy atom. The predicted molar refractivity (Wildman–Crippen MR) is 47.8 cm³/mol. The molecule has 13 heavy (non-hydrogen) atoms. The molecule has 4 nitrogen and oxygen atoms in total. The highest BCUT2D eigenvalue weighted by molar-refractivity contribution is 4.91. The van der Waals surface area contributed by atoms with Gasteiger partial charge in [-0.05, 0) is 5.41 Å². The molecule has 1 heterocycles. The minimum absolute atomic E-state index is 0.141. The van der Waals surface area contributed by atoms with E-state index < -0.39 is 0 Å². The van der Waals surface area contributed by atoms with Gasteiger partial charge in [0.1, 0.15) is 0 Å². The molecule has 1 rings (SSSR count). The third-order valence-electron chi connectivity index (χ3n) is 1.41. The van der Waals surface area contributed by atoms with Gasteiger partial charge in [-0.1, -0.05) is 25.9 Å². The summed E-state index contributed by atoms with van der Waals surface area (Å²) < 4.78 is 4.99. The summed E-state index contributed by atoms with van der Waals surface area (Å²) in [6.45, 7) is 13.1. The molecule has 0 aliphatic rings. The highest BCUT2D eigenvalue weighted by atomic mass is 16.5. The second kappa shape index (κ2) is 3.56. The average molecular weight is 179 g/mol. The van der Waals surface area contributed by atoms with Gasteiger partial charge >= 0.3 is 0 Å². The van der Waals surface area contributed by atoms with E-state index in [1.807, 2.05) is 0 Å². The van der Waals surface area contributed by atoms with Crippen molar-refractivity contribution in [3.05, 3.63) is 23.1 Å². The van der Waals surface area contributed by atoms with Gasteiger partial charge in [-0.25, -0.2) is 6.57 Å². The molecule has 0 saturated heterocycles. The van der Waals surface area contributed by atoms with Crippen molar-refractivity contribution in [3.63, 3.8) is 0 Å². The summed E-state index contributed by atoms with van der Waals surface area (Å²) in [4.78, 5) is 7.27. The first-order chi connectivity index (χ1) is 6.01. The van der Waals surface area contributed by atoms with E-state index in [9.17, 15) is 0 Å². The Labute approximate surface area is 77.8 Å². The molecule has 4 heteroatoms. The lowest BCUT2D eigenvalue weighted by molar-refractivity contribution is 0.312. The Bertz CT molecular complexity index is 316. The number of rotatable bonds is 2. The zero-order valence-corrected chi connectivity index (χ0v) is 8.16. The standard InChI is InChI=1S/C9H13N3O/c1-9(2,3)5-8-11-7(6-10-4)12-13-8/h5-6H2,1-3H3. The number of nitrogens with zero attached hydrogens (tertiary/aromatic N) is 3. The van der Waals surface area contributed by atoms with Gasteiger partial charge in [0.15, 0.2) is 0 Å². The van der Waals surface area contributed by atoms with Crippen molar-refractivity contribution < 1.29 is 4.52 Å². The monoisotopic (exact) mass is 179 g/mol. The molecule has 0 unspecified atom stereocenters. The van der Waals surface area contributed by atoms with Crippen LogP contribution in [0.25, 0.3) is 4.85 Å². The Balaban J connectivity index is 2.65. The van der Waals surface area contributed by atoms with E-state index in [1.165, 1.54) is 0 Å². The highest BCUT2D eigenvalue weighted by Crippen LogP contribution is 2.19. The molecule has 1 aromatic rings. The fraction of sp³-hybridized carbons (Fsp3) is 0.667. The van der Waals surface area contributed by atoms with Gasteiger partial charge in [0, 0.05) is 6.42 Å². The summed E-state index contributed by atoms with van der Waals surface area (Å²) >= 11 is 0. The van der Waals surface area contributed by atoms with Crippen molar-refractivity contribution >= 4 is 0 Å². The van der Waals surface area contributed by atoms with Gasteiger partial charge in [0.05, 0.1) is 0 Å². The molecule has 0 saturated carbocycles. The summed E-state index contributed by atoms with van der Waals surface area (Å²) in [6, 6.07) is 0. The molecular weight excluding hydrogens is 166 g/mol. The van der Waals surface area contributed by atoms with E-state index in [1.54, 1.807) is 0 Å². The zero-order valence-electron chi connectivity index (χ0n) is 8.16. The number of hydrogen-bond acceptors (Lipinski definition) is 3. The molecule has 0 aliphatic heterocycles. The Kier molecular flexibility index (Phi) is 2.66. The van der Waals surface area contributed by atoms with Crippen LogP contribution in [0.4, 0.5) is 0 Å². The molecule has 70 valence electrons. The van der Waals surface area contributed by atoms with Crippen molar-refractivity contribution in [1.29, 1.82) is 0 Å². The average Bonchev–Trinajstić information content (AvgIpc) is 2.33. The summed E-state index contributed by atoms with van der Waals surface area (Å²) in [5.41, 5.74) is 0.141. The summed E-state index contributed by atoms with van der Waals surface area (Å²) in [5.74, 6) is 1.10. The molecule has 0 bridgehead atoms. The lowest BCUT2D eigenvalue weighted by Crippen LogP contribution is -2.09. The number of hydrogen-bond donors (Lipinski definition) is 0. The smallest absolute Gasteiger partial charge is 0.276 e. The maximum Gasteiger partial charge on any atom is 0.276 e. The van der Waals surface area contributed by atoms with E-state index in [2.05, 4.69) is 35.8 Å². The fourth-order valence-electron chi connectivity index (χ4n) is 0.951. The molecule has 0 amide bonds. The van der Waals surface area contributed by atoms with Crippen molar-refractivity contribution in [2.75, 3.05) is 0 Å². The third kappa shape index (κ3) is 3.24. The topological polar surface area (TPSA) is 43.3 Å². The van der Waals surface area contributed by atoms with Crippen LogP contribution in [-0.4, -0.2) is 10.1 Å². The number of aromatic nitrogens is 2. The lowest BCUT2D eigenvalue weighted by atomic mass is 9.92. The van der Waals surface area contributed by atoms with Crippen LogP contribution < -0.4 is 0 Å². The minimum Gasteiger partial charge on any atom is -0.339 e. The van der Waals surface area contributed by atoms with Crippen LogP contribution in [0.3, 0.4) is 0 Å². The molecule has 0 radical (unpaired) electrons. The quantitative estimate of drug-likeness (QED) is 0.653. The van der Waals surface area contributed by atoms with Gasteiger partial charge in [0.25, 0.3) is 12.4 Å². The van der Waals surface area contributed by atoms with Gasteiger partial charge < -0.3 is 9.37 Å². The van der Waals surface area contributed by atoms with E-state index in [0.29, 0.717) is 11.7 Å². The van der Waals surface area contributed by atoms with Crippen molar-refractivity contribution in [2.24, 2.45) is 5.41 Å². The van der Waals surface area contributed by atoms with Crippen LogP contribution in [-0.2, 0) is 13.0 Å². The first-order valence-electron chi connectivity index (χ1n) is 4.16. The van der Waals surface area contributed by atoms with Gasteiger partial charge in [-0.15, -0.1) is 0 Å². The lowest BCUT2D eigenvalue weighted by Gasteiger charge is -2.13. The second-order valence-electron chi connectivity index (χ2n) is 4.16. The van der Waals surface area contributed by atoms with Crippen LogP contribution in [0.15, 0.2) is 4.52 Å². The molecule has 0 fully saturated rings. The van der Waals surface area contributed by atoms with E-state index in [4.69, 9.17) is 11.1 Å². The Morgan fingerprint density at radius 3 is 2.69 bits per heavy atom. The summed E-state index contributed by atoms with van der Waals surface area (Å²) in [6.07, 6.45) is 0.748. The van der Waals surface area contributed by atoms with Gasteiger partial charge in [-0.2, -0.15) is 4.98 Å². The second-order valence-corrected chi connectivity index (χ2v) is 4.16. The van der Waals surface area contributed by atoms with Crippen LogP contribution >= 0.6 is 0 Å². The van der Waals surface area contributed by atoms with Crippen LogP contribution in [0.2, 0.25) is 0 Å². The molecule has 0 atom stereocenters. The Morgan fingerprint density at radius 1 is 1.46 bits per heavy atom. The fourth-order valence-corrected chi connectivity index (χ4v) is 0.951. The van der Waals surface area contributed by atoms with Crippen LogP contribution in [0, 0.1) is 12.0 Å². The van der Waals surface area contributed by atoms with Crippen molar-refractivity contribution in [2.45, 2.75) is 33.7 Å². The maximum atomic E-state index is 6.63. The molecular formula is C9H13N3O. The molecule has 0 N–H and O–H groups in total. The Hall–Kier alpha value is -1.37. The largest absolute Gasteiger partial charge is 0.339 e. The third-order valence-corrected chi connectivity index (χ3v) is 1.41. The molecule has 0 aliphatic carbocycles. The van der Waals surface area contributed by atoms with Gasteiger partial charge in [0.2, 0.25) is 5.89 Å². The van der Waals surface area contributed by atoms with Gasteiger partial charge in [-0.3, -0.25) is 0 Å². The zero-order chi connectivity index (χ0) is 9.90. The van der Waals surface area contributed by atoms with Crippen molar-refractivity contribution in [3.8, 4) is 0 Å². The SMILES string of the molecule is [C-]#[N+]Cc1noc(CC(C)(C)C)n1.